The summed E-state index contributed by atoms with van der Waals surface area (Å²) in [6.45, 7) is 2.29. The maximum Gasteiger partial charge on any atom is 0.321 e. The molecule has 0 heterocycles. The van der Waals surface area contributed by atoms with E-state index in [4.69, 9.17) is 4.74 Å². The van der Waals surface area contributed by atoms with Crippen LogP contribution in [0.25, 0.3) is 0 Å². The molecular weight excluding hydrogens is 256 g/mol. The van der Waals surface area contributed by atoms with Gasteiger partial charge in [-0.2, -0.15) is 0 Å². The summed E-state index contributed by atoms with van der Waals surface area (Å²) in [4.78, 5) is 13.5. The molecule has 2 amide bonds. The van der Waals surface area contributed by atoms with Gasteiger partial charge in [-0.3, -0.25) is 0 Å². The smallest absolute Gasteiger partial charge is 0.321 e. The highest BCUT2D eigenvalue weighted by Gasteiger charge is 2.31. The first-order valence-electron chi connectivity index (χ1n) is 6.86. The van der Waals surface area contributed by atoms with Crippen molar-refractivity contribution in [2.24, 2.45) is 5.92 Å². The number of nitrogens with one attached hydrogen (secondary N) is 1. The number of hydrogen-bond acceptors (Lipinski definition) is 3. The molecule has 0 aliphatic heterocycles. The molecule has 0 spiro atoms. The van der Waals surface area contributed by atoms with E-state index in [1.165, 1.54) is 4.90 Å². The number of benzene rings is 1. The van der Waals surface area contributed by atoms with Crippen LogP contribution < -0.4 is 10.1 Å². The molecule has 0 aromatic heterocycles. The van der Waals surface area contributed by atoms with Gasteiger partial charge >= 0.3 is 6.03 Å². The van der Waals surface area contributed by atoms with Gasteiger partial charge in [-0.05, 0) is 49.4 Å². The molecule has 1 fully saturated rings. The number of aryl methyl sites for hydroxylation is 1. The molecule has 1 saturated carbocycles. The zero-order valence-corrected chi connectivity index (χ0v) is 12.2. The number of amides is 2. The lowest BCUT2D eigenvalue weighted by Gasteiger charge is -2.21. The highest BCUT2D eigenvalue weighted by atomic mass is 16.5. The summed E-state index contributed by atoms with van der Waals surface area (Å²) >= 11 is 0. The largest absolute Gasteiger partial charge is 0.496 e. The van der Waals surface area contributed by atoms with Crippen molar-refractivity contribution in [2.45, 2.75) is 25.9 Å². The van der Waals surface area contributed by atoms with E-state index in [1.54, 1.807) is 20.2 Å². The number of likely N-dealkylation sites (N-methyl/N-ethyl adjacent to an activating group) is 1. The Labute approximate surface area is 119 Å². The fourth-order valence-corrected chi connectivity index (χ4v) is 2.17. The van der Waals surface area contributed by atoms with E-state index in [-0.39, 0.29) is 6.03 Å². The second-order valence-electron chi connectivity index (χ2n) is 5.40. The molecule has 0 bridgehead atoms. The van der Waals surface area contributed by atoms with Crippen LogP contribution in [-0.2, 0) is 0 Å². The number of urea groups is 1. The standard InChI is InChI=1S/C15H22N2O3/c1-10-8-12(6-7-14(10)20-3)16-15(19)17(2)9-13(18)11-4-5-11/h6-8,11,13,18H,4-5,9H2,1-3H3,(H,16,19). The molecule has 2 N–H and O–H groups in total. The van der Waals surface area contributed by atoms with Crippen LogP contribution in [0.3, 0.4) is 0 Å². The fourth-order valence-electron chi connectivity index (χ4n) is 2.17. The Bertz CT molecular complexity index is 486. The molecule has 0 radical (unpaired) electrons. The number of carbonyl (C=O) groups is 1. The number of methoxy groups -OCH3 is 1. The summed E-state index contributed by atoms with van der Waals surface area (Å²) in [5.41, 5.74) is 1.69. The predicted octanol–water partition coefficient (Wildman–Crippen LogP) is 2.24. The zero-order valence-electron chi connectivity index (χ0n) is 12.2. The number of aliphatic hydroxyl groups excluding tert-OH is 1. The van der Waals surface area contributed by atoms with Crippen molar-refractivity contribution in [2.75, 3.05) is 26.0 Å². The van der Waals surface area contributed by atoms with E-state index in [0.29, 0.717) is 12.5 Å². The normalized spacial score (nSPS) is 15.6. The number of ether oxygens (including phenoxy) is 1. The molecule has 5 nitrogen and oxygen atoms in total. The van der Waals surface area contributed by atoms with Crippen LogP contribution in [0.1, 0.15) is 18.4 Å². The molecule has 1 aliphatic carbocycles. The first kappa shape index (κ1) is 14.7. The van der Waals surface area contributed by atoms with E-state index >= 15 is 0 Å². The van der Waals surface area contributed by atoms with E-state index < -0.39 is 6.10 Å². The Hall–Kier alpha value is -1.75. The van der Waals surface area contributed by atoms with Gasteiger partial charge in [0.15, 0.2) is 0 Å². The van der Waals surface area contributed by atoms with Gasteiger partial charge in [-0.15, -0.1) is 0 Å². The van der Waals surface area contributed by atoms with Gasteiger partial charge in [-0.1, -0.05) is 0 Å². The summed E-state index contributed by atoms with van der Waals surface area (Å²) in [6, 6.07) is 5.27. The van der Waals surface area contributed by atoms with Crippen LogP contribution in [-0.4, -0.2) is 42.8 Å². The van der Waals surface area contributed by atoms with Crippen molar-refractivity contribution in [3.63, 3.8) is 0 Å². The van der Waals surface area contributed by atoms with Crippen LogP contribution in [0.4, 0.5) is 10.5 Å². The number of rotatable bonds is 5. The molecule has 1 unspecified atom stereocenters. The average molecular weight is 278 g/mol. The molecule has 5 heteroatoms. The van der Waals surface area contributed by atoms with E-state index in [2.05, 4.69) is 5.32 Å². The van der Waals surface area contributed by atoms with E-state index in [9.17, 15) is 9.90 Å². The third-order valence-electron chi connectivity index (χ3n) is 3.62. The minimum absolute atomic E-state index is 0.214. The molecule has 20 heavy (non-hydrogen) atoms. The topological polar surface area (TPSA) is 61.8 Å². The molecule has 0 saturated heterocycles. The molecule has 1 atom stereocenters. The minimum atomic E-state index is -0.414. The predicted molar refractivity (Wildman–Crippen MR) is 78.1 cm³/mol. The molecule has 110 valence electrons. The number of anilines is 1. The molecule has 2 rings (SSSR count). The average Bonchev–Trinajstić information content (AvgIpc) is 3.23. The van der Waals surface area contributed by atoms with Crippen molar-refractivity contribution in [1.29, 1.82) is 0 Å². The Morgan fingerprint density at radius 2 is 2.25 bits per heavy atom. The fraction of sp³-hybridized carbons (Fsp3) is 0.533. The zero-order chi connectivity index (χ0) is 14.7. The first-order valence-corrected chi connectivity index (χ1v) is 6.86. The van der Waals surface area contributed by atoms with Gasteiger partial charge in [0.1, 0.15) is 5.75 Å². The van der Waals surface area contributed by atoms with Crippen molar-refractivity contribution >= 4 is 11.7 Å². The molecular formula is C15H22N2O3. The SMILES string of the molecule is COc1ccc(NC(=O)N(C)CC(O)C2CC2)cc1C. The second-order valence-corrected chi connectivity index (χ2v) is 5.40. The first-order chi connectivity index (χ1) is 9.51. The van der Waals surface area contributed by atoms with Crippen LogP contribution in [0.15, 0.2) is 18.2 Å². The number of hydrogen-bond donors (Lipinski definition) is 2. The maximum atomic E-state index is 12.0. The Kier molecular flexibility index (Phi) is 4.49. The Morgan fingerprint density at radius 3 is 2.80 bits per heavy atom. The summed E-state index contributed by atoms with van der Waals surface area (Å²) in [5, 5.41) is 12.7. The molecule has 1 aromatic rings. The summed E-state index contributed by atoms with van der Waals surface area (Å²) in [6.07, 6.45) is 1.71. The highest BCUT2D eigenvalue weighted by molar-refractivity contribution is 5.89. The van der Waals surface area contributed by atoms with Gasteiger partial charge in [-0.25, -0.2) is 4.79 Å². The van der Waals surface area contributed by atoms with Gasteiger partial charge in [0.05, 0.1) is 13.2 Å². The number of nitrogens with zero attached hydrogens (tertiary/aromatic N) is 1. The molecule has 1 aromatic carbocycles. The van der Waals surface area contributed by atoms with Crippen molar-refractivity contribution in [3.8, 4) is 5.75 Å². The van der Waals surface area contributed by atoms with Crippen molar-refractivity contribution in [3.05, 3.63) is 23.8 Å². The minimum Gasteiger partial charge on any atom is -0.496 e. The monoisotopic (exact) mass is 278 g/mol. The number of carbonyl (C=O) groups excluding carboxylic acids is 1. The van der Waals surface area contributed by atoms with Crippen molar-refractivity contribution < 1.29 is 14.6 Å². The van der Waals surface area contributed by atoms with Crippen LogP contribution in [0, 0.1) is 12.8 Å². The summed E-state index contributed by atoms with van der Waals surface area (Å²) in [5.74, 6) is 1.16. The lowest BCUT2D eigenvalue weighted by atomic mass is 10.2. The van der Waals surface area contributed by atoms with Gasteiger partial charge in [0.25, 0.3) is 0 Å². The third kappa shape index (κ3) is 3.63. The lowest BCUT2D eigenvalue weighted by molar-refractivity contribution is 0.117. The van der Waals surface area contributed by atoms with Gasteiger partial charge < -0.3 is 20.1 Å². The Morgan fingerprint density at radius 1 is 1.55 bits per heavy atom. The quantitative estimate of drug-likeness (QED) is 0.868. The Balaban J connectivity index is 1.91. The summed E-state index contributed by atoms with van der Waals surface area (Å²) < 4.78 is 5.18. The highest BCUT2D eigenvalue weighted by Crippen LogP contribution is 2.32. The molecule has 1 aliphatic rings. The number of aliphatic hydroxyl groups is 1. The van der Waals surface area contributed by atoms with Crippen LogP contribution in [0.2, 0.25) is 0 Å². The van der Waals surface area contributed by atoms with E-state index in [0.717, 1.165) is 29.8 Å². The lowest BCUT2D eigenvalue weighted by Crippen LogP contribution is -2.38. The van der Waals surface area contributed by atoms with Crippen LogP contribution in [0.5, 0.6) is 5.75 Å². The van der Waals surface area contributed by atoms with Crippen molar-refractivity contribution in [1.82, 2.24) is 4.90 Å². The van der Waals surface area contributed by atoms with Gasteiger partial charge in [0, 0.05) is 19.3 Å². The van der Waals surface area contributed by atoms with Gasteiger partial charge in [0.2, 0.25) is 0 Å². The summed E-state index contributed by atoms with van der Waals surface area (Å²) in [7, 11) is 3.31. The van der Waals surface area contributed by atoms with E-state index in [1.807, 2.05) is 19.1 Å². The van der Waals surface area contributed by atoms with Crippen LogP contribution >= 0.6 is 0 Å². The third-order valence-corrected chi connectivity index (χ3v) is 3.62. The maximum absolute atomic E-state index is 12.0. The second kappa shape index (κ2) is 6.13.